The zero-order valence-electron chi connectivity index (χ0n) is 13.7. The molecule has 0 fully saturated rings. The van der Waals surface area contributed by atoms with Gasteiger partial charge in [0.05, 0.1) is 5.69 Å². The van der Waals surface area contributed by atoms with Crippen LogP contribution in [-0.2, 0) is 0 Å². The lowest BCUT2D eigenvalue weighted by molar-refractivity contribution is 0.483. The summed E-state index contributed by atoms with van der Waals surface area (Å²) in [5, 5.41) is 2.43. The van der Waals surface area contributed by atoms with Crippen molar-refractivity contribution in [3.05, 3.63) is 103 Å². The molecule has 0 amide bonds. The SMILES string of the molecule is C(=Nc1ccc(Oc2ccccc2)cc1)c1cccc2ccccc12. The average molecular weight is 323 g/mol. The number of hydrogen-bond donors (Lipinski definition) is 0. The zero-order chi connectivity index (χ0) is 16.9. The molecular weight excluding hydrogens is 306 g/mol. The van der Waals surface area contributed by atoms with E-state index in [1.165, 1.54) is 10.8 Å². The first kappa shape index (κ1) is 15.2. The number of ether oxygens (including phenoxy) is 1. The molecule has 0 N–H and O–H groups in total. The molecule has 0 spiro atoms. The predicted molar refractivity (Wildman–Crippen MR) is 104 cm³/mol. The number of para-hydroxylation sites is 1. The molecule has 2 nitrogen and oxygen atoms in total. The van der Waals surface area contributed by atoms with Gasteiger partial charge in [0.15, 0.2) is 0 Å². The van der Waals surface area contributed by atoms with E-state index in [0.717, 1.165) is 22.7 Å². The van der Waals surface area contributed by atoms with E-state index in [1.54, 1.807) is 0 Å². The zero-order valence-corrected chi connectivity index (χ0v) is 13.7. The highest BCUT2D eigenvalue weighted by Crippen LogP contribution is 2.24. The van der Waals surface area contributed by atoms with Crippen LogP contribution in [0.5, 0.6) is 11.5 Å². The highest BCUT2D eigenvalue weighted by atomic mass is 16.5. The summed E-state index contributed by atoms with van der Waals surface area (Å²) in [4.78, 5) is 4.59. The third-order valence-corrected chi connectivity index (χ3v) is 3.99. The standard InChI is InChI=1S/C23H17NO/c1-2-10-21(11-3-1)25-22-15-13-20(14-16-22)24-17-19-9-6-8-18-7-4-5-12-23(18)19/h1-17H. The Labute approximate surface area is 147 Å². The molecule has 0 unspecified atom stereocenters. The van der Waals surface area contributed by atoms with Crippen LogP contribution >= 0.6 is 0 Å². The largest absolute Gasteiger partial charge is 0.457 e. The Morgan fingerprint density at radius 2 is 1.28 bits per heavy atom. The Morgan fingerprint density at radius 3 is 2.12 bits per heavy atom. The minimum atomic E-state index is 0.801. The Hall–Kier alpha value is -3.39. The van der Waals surface area contributed by atoms with Crippen molar-refractivity contribution >= 4 is 22.7 Å². The molecule has 0 aliphatic heterocycles. The van der Waals surface area contributed by atoms with Crippen molar-refractivity contribution in [3.63, 3.8) is 0 Å². The Kier molecular flexibility index (Phi) is 4.25. The van der Waals surface area contributed by atoms with Crippen LogP contribution in [0.25, 0.3) is 10.8 Å². The van der Waals surface area contributed by atoms with Gasteiger partial charge in [-0.05, 0) is 47.2 Å². The van der Waals surface area contributed by atoms with Crippen molar-refractivity contribution in [2.24, 2.45) is 4.99 Å². The monoisotopic (exact) mass is 323 g/mol. The number of hydrogen-bond acceptors (Lipinski definition) is 2. The van der Waals surface area contributed by atoms with E-state index < -0.39 is 0 Å². The van der Waals surface area contributed by atoms with E-state index in [9.17, 15) is 0 Å². The number of benzene rings is 4. The molecule has 2 heteroatoms. The minimum Gasteiger partial charge on any atom is -0.457 e. The summed E-state index contributed by atoms with van der Waals surface area (Å²) >= 11 is 0. The van der Waals surface area contributed by atoms with Crippen molar-refractivity contribution < 1.29 is 4.74 Å². The molecule has 0 aliphatic rings. The average Bonchev–Trinajstić information content (AvgIpc) is 2.68. The van der Waals surface area contributed by atoms with Gasteiger partial charge in [0.1, 0.15) is 11.5 Å². The van der Waals surface area contributed by atoms with Gasteiger partial charge in [-0.3, -0.25) is 4.99 Å². The molecule has 0 saturated heterocycles. The number of aliphatic imine (C=N–C) groups is 1. The summed E-state index contributed by atoms with van der Waals surface area (Å²) in [5.41, 5.74) is 2.01. The maximum absolute atomic E-state index is 5.80. The molecule has 4 aromatic rings. The summed E-state index contributed by atoms with van der Waals surface area (Å²) < 4.78 is 5.80. The molecule has 4 rings (SSSR count). The van der Waals surface area contributed by atoms with Crippen LogP contribution in [0.3, 0.4) is 0 Å². The summed E-state index contributed by atoms with van der Waals surface area (Å²) in [6.45, 7) is 0. The first-order valence-electron chi connectivity index (χ1n) is 8.23. The van der Waals surface area contributed by atoms with Gasteiger partial charge in [-0.2, -0.15) is 0 Å². The fourth-order valence-corrected chi connectivity index (χ4v) is 2.73. The van der Waals surface area contributed by atoms with Crippen LogP contribution in [0.2, 0.25) is 0 Å². The molecule has 0 aromatic heterocycles. The van der Waals surface area contributed by atoms with Gasteiger partial charge in [-0.25, -0.2) is 0 Å². The highest BCUT2D eigenvalue weighted by Gasteiger charge is 1.99. The molecule has 120 valence electrons. The van der Waals surface area contributed by atoms with Crippen molar-refractivity contribution in [1.29, 1.82) is 0 Å². The molecule has 4 aromatic carbocycles. The van der Waals surface area contributed by atoms with Gasteiger partial charge in [0.2, 0.25) is 0 Å². The van der Waals surface area contributed by atoms with Gasteiger partial charge in [-0.15, -0.1) is 0 Å². The first-order chi connectivity index (χ1) is 12.4. The summed E-state index contributed by atoms with van der Waals surface area (Å²) in [6.07, 6.45) is 1.91. The summed E-state index contributed by atoms with van der Waals surface area (Å²) in [6, 6.07) is 32.1. The van der Waals surface area contributed by atoms with Gasteiger partial charge in [0.25, 0.3) is 0 Å². The predicted octanol–water partition coefficient (Wildman–Crippen LogP) is 6.38. The molecule has 0 heterocycles. The quantitative estimate of drug-likeness (QED) is 0.399. The first-order valence-corrected chi connectivity index (χ1v) is 8.23. The molecular formula is C23H17NO. The van der Waals surface area contributed by atoms with Crippen LogP contribution in [0, 0.1) is 0 Å². The summed E-state index contributed by atoms with van der Waals surface area (Å²) in [7, 11) is 0. The van der Waals surface area contributed by atoms with Crippen LogP contribution in [0.15, 0.2) is 102 Å². The second kappa shape index (κ2) is 7.02. The number of nitrogens with zero attached hydrogens (tertiary/aromatic N) is 1. The maximum Gasteiger partial charge on any atom is 0.127 e. The molecule has 0 radical (unpaired) electrons. The van der Waals surface area contributed by atoms with Gasteiger partial charge >= 0.3 is 0 Å². The van der Waals surface area contributed by atoms with Gasteiger partial charge < -0.3 is 4.74 Å². The normalized spacial score (nSPS) is 11.0. The van der Waals surface area contributed by atoms with Gasteiger partial charge in [-0.1, -0.05) is 60.7 Å². The Balaban J connectivity index is 1.53. The smallest absolute Gasteiger partial charge is 0.127 e. The van der Waals surface area contributed by atoms with Crippen LogP contribution in [0.1, 0.15) is 5.56 Å². The molecule has 0 bridgehead atoms. The van der Waals surface area contributed by atoms with Crippen molar-refractivity contribution in [3.8, 4) is 11.5 Å². The lowest BCUT2D eigenvalue weighted by Gasteiger charge is -2.05. The lowest BCUT2D eigenvalue weighted by Crippen LogP contribution is -1.84. The van der Waals surface area contributed by atoms with E-state index in [-0.39, 0.29) is 0 Å². The maximum atomic E-state index is 5.80. The van der Waals surface area contributed by atoms with Crippen LogP contribution < -0.4 is 4.74 Å². The number of rotatable bonds is 4. The molecule has 25 heavy (non-hydrogen) atoms. The van der Waals surface area contributed by atoms with E-state index in [1.807, 2.05) is 60.8 Å². The lowest BCUT2D eigenvalue weighted by atomic mass is 10.1. The fourth-order valence-electron chi connectivity index (χ4n) is 2.73. The highest BCUT2D eigenvalue weighted by molar-refractivity contribution is 6.00. The third kappa shape index (κ3) is 3.59. The molecule has 0 aliphatic carbocycles. The van der Waals surface area contributed by atoms with Crippen molar-refractivity contribution in [2.75, 3.05) is 0 Å². The Morgan fingerprint density at radius 1 is 0.600 bits per heavy atom. The minimum absolute atomic E-state index is 0.801. The van der Waals surface area contributed by atoms with E-state index >= 15 is 0 Å². The fraction of sp³-hybridized carbons (Fsp3) is 0. The van der Waals surface area contributed by atoms with Crippen molar-refractivity contribution in [1.82, 2.24) is 0 Å². The van der Waals surface area contributed by atoms with E-state index in [0.29, 0.717) is 0 Å². The Bertz CT molecular complexity index is 1000. The van der Waals surface area contributed by atoms with E-state index in [4.69, 9.17) is 4.74 Å². The number of fused-ring (bicyclic) bond motifs is 1. The van der Waals surface area contributed by atoms with Crippen LogP contribution in [-0.4, -0.2) is 6.21 Å². The molecule has 0 saturated carbocycles. The van der Waals surface area contributed by atoms with Gasteiger partial charge in [0, 0.05) is 11.8 Å². The summed E-state index contributed by atoms with van der Waals surface area (Å²) in [5.74, 6) is 1.63. The van der Waals surface area contributed by atoms with Crippen molar-refractivity contribution in [2.45, 2.75) is 0 Å². The van der Waals surface area contributed by atoms with E-state index in [2.05, 4.69) is 47.5 Å². The third-order valence-electron chi connectivity index (χ3n) is 3.99. The molecule has 0 atom stereocenters. The van der Waals surface area contributed by atoms with Crippen LogP contribution in [0.4, 0.5) is 5.69 Å². The second-order valence-electron chi connectivity index (χ2n) is 5.74. The topological polar surface area (TPSA) is 21.6 Å². The second-order valence-corrected chi connectivity index (χ2v) is 5.74.